The molecule has 1 heterocycles. The fourth-order valence-electron chi connectivity index (χ4n) is 2.59. The van der Waals surface area contributed by atoms with E-state index in [1.807, 2.05) is 24.0 Å². The number of hydrogen-bond donors (Lipinski definition) is 1. The highest BCUT2D eigenvalue weighted by molar-refractivity contribution is 5.97. The van der Waals surface area contributed by atoms with Crippen molar-refractivity contribution in [2.45, 2.75) is 32.7 Å². The van der Waals surface area contributed by atoms with E-state index in [0.29, 0.717) is 19.1 Å². The average molecular weight is 262 g/mol. The van der Waals surface area contributed by atoms with E-state index in [-0.39, 0.29) is 18.6 Å². The van der Waals surface area contributed by atoms with Crippen LogP contribution in [0.25, 0.3) is 0 Å². The molecule has 1 saturated heterocycles. The molecule has 4 nitrogen and oxygen atoms in total. The zero-order chi connectivity index (χ0) is 14.0. The molecular weight excluding hydrogens is 240 g/mol. The number of nitrogens with zero attached hydrogens (tertiary/aromatic N) is 1. The number of benzene rings is 1. The van der Waals surface area contributed by atoms with Gasteiger partial charge in [-0.3, -0.25) is 4.79 Å². The number of rotatable bonds is 3. The van der Waals surface area contributed by atoms with E-state index in [1.54, 1.807) is 0 Å². The minimum absolute atomic E-state index is 0.00194. The number of morpholine rings is 1. The van der Waals surface area contributed by atoms with Gasteiger partial charge in [-0.2, -0.15) is 0 Å². The van der Waals surface area contributed by atoms with Crippen molar-refractivity contribution in [2.24, 2.45) is 5.73 Å². The largest absolute Gasteiger partial charge is 0.369 e. The minimum atomic E-state index is -0.0696. The number of aryl methyl sites for hydroxylation is 1. The Hall–Kier alpha value is -1.39. The molecule has 1 unspecified atom stereocenters. The summed E-state index contributed by atoms with van der Waals surface area (Å²) in [5.41, 5.74) is 9.11. The molecule has 0 aromatic heterocycles. The Morgan fingerprint density at radius 3 is 2.84 bits per heavy atom. The summed E-state index contributed by atoms with van der Waals surface area (Å²) < 4.78 is 5.31. The molecule has 1 aliphatic rings. The first-order valence-electron chi connectivity index (χ1n) is 6.75. The van der Waals surface area contributed by atoms with E-state index in [0.717, 1.165) is 11.3 Å². The third-order valence-electron chi connectivity index (χ3n) is 3.57. The van der Waals surface area contributed by atoms with Gasteiger partial charge in [-0.05, 0) is 24.0 Å². The number of anilines is 1. The van der Waals surface area contributed by atoms with Crippen LogP contribution in [-0.4, -0.2) is 31.7 Å². The van der Waals surface area contributed by atoms with E-state index < -0.39 is 0 Å². The second-order valence-electron chi connectivity index (χ2n) is 5.34. The van der Waals surface area contributed by atoms with Crippen molar-refractivity contribution in [3.8, 4) is 0 Å². The SMILES string of the molecule is Cc1cccc(C(C)C)c1N1C(=O)COCC1CN. The number of hydrogen-bond acceptors (Lipinski definition) is 3. The van der Waals surface area contributed by atoms with Gasteiger partial charge in [0.2, 0.25) is 0 Å². The van der Waals surface area contributed by atoms with E-state index in [4.69, 9.17) is 10.5 Å². The highest BCUT2D eigenvalue weighted by Gasteiger charge is 2.31. The molecule has 0 spiro atoms. The molecule has 104 valence electrons. The third kappa shape index (κ3) is 2.65. The van der Waals surface area contributed by atoms with Crippen LogP contribution in [0.5, 0.6) is 0 Å². The third-order valence-corrected chi connectivity index (χ3v) is 3.57. The fraction of sp³-hybridized carbons (Fsp3) is 0.533. The lowest BCUT2D eigenvalue weighted by Crippen LogP contribution is -2.53. The van der Waals surface area contributed by atoms with Crippen LogP contribution in [0.1, 0.15) is 30.9 Å². The number of ether oxygens (including phenoxy) is 1. The van der Waals surface area contributed by atoms with Crippen molar-refractivity contribution in [3.05, 3.63) is 29.3 Å². The summed E-state index contributed by atoms with van der Waals surface area (Å²) in [4.78, 5) is 14.1. The second-order valence-corrected chi connectivity index (χ2v) is 5.34. The maximum Gasteiger partial charge on any atom is 0.253 e. The summed E-state index contributed by atoms with van der Waals surface area (Å²) in [5.74, 6) is 0.363. The summed E-state index contributed by atoms with van der Waals surface area (Å²) in [7, 11) is 0. The Morgan fingerprint density at radius 1 is 1.47 bits per heavy atom. The number of para-hydroxylation sites is 1. The van der Waals surface area contributed by atoms with Crippen molar-refractivity contribution in [3.63, 3.8) is 0 Å². The van der Waals surface area contributed by atoms with Gasteiger partial charge in [0.15, 0.2) is 0 Å². The van der Waals surface area contributed by atoms with E-state index in [2.05, 4.69) is 19.9 Å². The van der Waals surface area contributed by atoms with Gasteiger partial charge in [0.05, 0.1) is 18.3 Å². The molecule has 0 bridgehead atoms. The molecule has 1 fully saturated rings. The van der Waals surface area contributed by atoms with Crippen molar-refractivity contribution in [1.82, 2.24) is 0 Å². The second kappa shape index (κ2) is 5.72. The molecule has 2 N–H and O–H groups in total. The summed E-state index contributed by atoms with van der Waals surface area (Å²) in [6.45, 7) is 7.38. The molecule has 19 heavy (non-hydrogen) atoms. The van der Waals surface area contributed by atoms with Crippen LogP contribution in [0, 0.1) is 6.92 Å². The van der Waals surface area contributed by atoms with Crippen molar-refractivity contribution in [1.29, 1.82) is 0 Å². The smallest absolute Gasteiger partial charge is 0.253 e. The quantitative estimate of drug-likeness (QED) is 0.904. The van der Waals surface area contributed by atoms with Crippen LogP contribution >= 0.6 is 0 Å². The van der Waals surface area contributed by atoms with Crippen LogP contribution in [0.2, 0.25) is 0 Å². The van der Waals surface area contributed by atoms with Crippen LogP contribution in [-0.2, 0) is 9.53 Å². The van der Waals surface area contributed by atoms with Crippen LogP contribution in [0.4, 0.5) is 5.69 Å². The van der Waals surface area contributed by atoms with Crippen molar-refractivity contribution >= 4 is 11.6 Å². The van der Waals surface area contributed by atoms with Crippen LogP contribution < -0.4 is 10.6 Å². The van der Waals surface area contributed by atoms with Gasteiger partial charge in [0, 0.05) is 6.54 Å². The molecular formula is C15H22N2O2. The minimum Gasteiger partial charge on any atom is -0.369 e. The number of carbonyl (C=O) groups is 1. The lowest BCUT2D eigenvalue weighted by atomic mass is 9.96. The zero-order valence-electron chi connectivity index (χ0n) is 11.8. The van der Waals surface area contributed by atoms with Crippen molar-refractivity contribution in [2.75, 3.05) is 24.7 Å². The van der Waals surface area contributed by atoms with Crippen molar-refractivity contribution < 1.29 is 9.53 Å². The number of carbonyl (C=O) groups excluding carboxylic acids is 1. The molecule has 0 saturated carbocycles. The molecule has 2 rings (SSSR count). The van der Waals surface area contributed by atoms with Gasteiger partial charge >= 0.3 is 0 Å². The van der Waals surface area contributed by atoms with Gasteiger partial charge in [0.25, 0.3) is 5.91 Å². The molecule has 0 aliphatic carbocycles. The lowest BCUT2D eigenvalue weighted by Gasteiger charge is -2.37. The Kier molecular flexibility index (Phi) is 4.22. The molecule has 0 radical (unpaired) electrons. The first-order chi connectivity index (χ1) is 9.06. The van der Waals surface area contributed by atoms with E-state index in [1.165, 1.54) is 5.56 Å². The molecule has 1 aliphatic heterocycles. The van der Waals surface area contributed by atoms with Gasteiger partial charge < -0.3 is 15.4 Å². The highest BCUT2D eigenvalue weighted by atomic mass is 16.5. The van der Waals surface area contributed by atoms with Gasteiger partial charge in [0.1, 0.15) is 6.61 Å². The summed E-state index contributed by atoms with van der Waals surface area (Å²) in [5, 5.41) is 0. The monoisotopic (exact) mass is 262 g/mol. The zero-order valence-corrected chi connectivity index (χ0v) is 11.8. The lowest BCUT2D eigenvalue weighted by molar-refractivity contribution is -0.127. The van der Waals surface area contributed by atoms with Crippen LogP contribution in [0.3, 0.4) is 0 Å². The first kappa shape index (κ1) is 14.0. The molecule has 1 atom stereocenters. The van der Waals surface area contributed by atoms with E-state index >= 15 is 0 Å². The Bertz CT molecular complexity index is 471. The van der Waals surface area contributed by atoms with E-state index in [9.17, 15) is 4.79 Å². The van der Waals surface area contributed by atoms with Gasteiger partial charge in [-0.1, -0.05) is 32.0 Å². The Balaban J connectivity index is 2.51. The normalized spacial score (nSPS) is 20.2. The van der Waals surface area contributed by atoms with Crippen LogP contribution in [0.15, 0.2) is 18.2 Å². The average Bonchev–Trinajstić information content (AvgIpc) is 2.38. The Morgan fingerprint density at radius 2 is 2.21 bits per heavy atom. The summed E-state index contributed by atoms with van der Waals surface area (Å²) in [6, 6.07) is 6.09. The topological polar surface area (TPSA) is 55.6 Å². The van der Waals surface area contributed by atoms with Gasteiger partial charge in [-0.25, -0.2) is 0 Å². The maximum absolute atomic E-state index is 12.2. The number of amides is 1. The standard InChI is InChI=1S/C15H22N2O2/c1-10(2)13-6-4-5-11(3)15(13)17-12(7-16)8-19-9-14(17)18/h4-6,10,12H,7-9,16H2,1-3H3. The molecule has 1 aromatic rings. The highest BCUT2D eigenvalue weighted by Crippen LogP contribution is 2.33. The predicted molar refractivity (Wildman–Crippen MR) is 76.4 cm³/mol. The Labute approximate surface area is 114 Å². The predicted octanol–water partition coefficient (Wildman–Crippen LogP) is 1.81. The van der Waals surface area contributed by atoms with Gasteiger partial charge in [-0.15, -0.1) is 0 Å². The maximum atomic E-state index is 12.2. The summed E-state index contributed by atoms with van der Waals surface area (Å²) in [6.07, 6.45) is 0. The first-order valence-corrected chi connectivity index (χ1v) is 6.75. The number of nitrogens with two attached hydrogens (primary N) is 1. The molecule has 1 amide bonds. The molecule has 4 heteroatoms. The fourth-order valence-corrected chi connectivity index (χ4v) is 2.59. The molecule has 1 aromatic carbocycles. The summed E-state index contributed by atoms with van der Waals surface area (Å²) >= 11 is 0.